The number of hydrogen-bond donors (Lipinski definition) is 0. The second kappa shape index (κ2) is 8.36. The van der Waals surface area contributed by atoms with Crippen molar-refractivity contribution in [3.63, 3.8) is 0 Å². The monoisotopic (exact) mass is 375 g/mol. The van der Waals surface area contributed by atoms with E-state index in [0.717, 1.165) is 16.9 Å². The molecule has 0 saturated heterocycles. The number of carbonyl (C=O) groups is 1. The van der Waals surface area contributed by atoms with Gasteiger partial charge in [-0.05, 0) is 43.7 Å². The Labute approximate surface area is 155 Å². The van der Waals surface area contributed by atoms with Gasteiger partial charge in [-0.15, -0.1) is 0 Å². The number of amides is 1. The summed E-state index contributed by atoms with van der Waals surface area (Å²) in [6.07, 6.45) is -0.0484. The van der Waals surface area contributed by atoms with E-state index in [0.29, 0.717) is 0 Å². The Hall–Kier alpha value is -2.34. The minimum atomic E-state index is -3.47. The highest BCUT2D eigenvalue weighted by molar-refractivity contribution is 7.91. The molecule has 1 amide bonds. The number of benzene rings is 2. The van der Waals surface area contributed by atoms with Crippen LogP contribution in [-0.4, -0.2) is 39.1 Å². The largest absolute Gasteiger partial charge is 0.497 e. The molecule has 0 spiro atoms. The van der Waals surface area contributed by atoms with Crippen LogP contribution in [-0.2, 0) is 14.6 Å². The number of rotatable bonds is 7. The Morgan fingerprint density at radius 1 is 1.08 bits per heavy atom. The molecule has 0 heterocycles. The number of ether oxygens (including phenoxy) is 1. The normalized spacial score (nSPS) is 12.5. The van der Waals surface area contributed by atoms with Gasteiger partial charge in [-0.2, -0.15) is 0 Å². The summed E-state index contributed by atoms with van der Waals surface area (Å²) in [5, 5.41) is 0. The summed E-state index contributed by atoms with van der Waals surface area (Å²) < 4.78 is 29.9. The lowest BCUT2D eigenvalue weighted by atomic mass is 10.1. The molecule has 6 heteroatoms. The fourth-order valence-corrected chi connectivity index (χ4v) is 3.81. The lowest BCUT2D eigenvalue weighted by Gasteiger charge is -2.25. The maximum Gasteiger partial charge on any atom is 0.223 e. The van der Waals surface area contributed by atoms with Crippen molar-refractivity contribution in [2.45, 2.75) is 31.2 Å². The van der Waals surface area contributed by atoms with Crippen LogP contribution < -0.4 is 4.74 Å². The molecule has 0 saturated carbocycles. The van der Waals surface area contributed by atoms with Crippen LogP contribution in [0.3, 0.4) is 0 Å². The molecule has 0 aliphatic rings. The van der Waals surface area contributed by atoms with Crippen LogP contribution in [0.1, 0.15) is 30.5 Å². The first-order valence-corrected chi connectivity index (χ1v) is 10.1. The van der Waals surface area contributed by atoms with Crippen LogP contribution in [0.2, 0.25) is 0 Å². The van der Waals surface area contributed by atoms with Crippen molar-refractivity contribution in [3.05, 3.63) is 59.7 Å². The van der Waals surface area contributed by atoms with Gasteiger partial charge >= 0.3 is 0 Å². The third kappa shape index (κ3) is 4.85. The van der Waals surface area contributed by atoms with Gasteiger partial charge in [0.15, 0.2) is 9.84 Å². The van der Waals surface area contributed by atoms with Gasteiger partial charge in [-0.1, -0.05) is 29.8 Å². The number of sulfone groups is 1. The van der Waals surface area contributed by atoms with Gasteiger partial charge in [0.05, 0.1) is 23.8 Å². The van der Waals surface area contributed by atoms with Gasteiger partial charge < -0.3 is 9.64 Å². The summed E-state index contributed by atoms with van der Waals surface area (Å²) in [6, 6.07) is 14.0. The lowest BCUT2D eigenvalue weighted by molar-refractivity contribution is -0.131. The molecule has 0 N–H and O–H groups in total. The van der Waals surface area contributed by atoms with Gasteiger partial charge in [0.25, 0.3) is 0 Å². The molecule has 1 unspecified atom stereocenters. The molecule has 0 aliphatic carbocycles. The first-order valence-electron chi connectivity index (χ1n) is 8.43. The van der Waals surface area contributed by atoms with E-state index in [1.54, 1.807) is 43.3 Å². The molecule has 26 heavy (non-hydrogen) atoms. The number of carbonyl (C=O) groups excluding carboxylic acids is 1. The molecule has 2 aromatic rings. The van der Waals surface area contributed by atoms with E-state index in [-0.39, 0.29) is 29.0 Å². The predicted molar refractivity (Wildman–Crippen MR) is 102 cm³/mol. The molecule has 0 bridgehead atoms. The van der Waals surface area contributed by atoms with Crippen molar-refractivity contribution in [1.82, 2.24) is 4.90 Å². The number of methoxy groups -OCH3 is 1. The van der Waals surface area contributed by atoms with E-state index in [1.807, 2.05) is 38.1 Å². The summed E-state index contributed by atoms with van der Waals surface area (Å²) in [5.74, 6) is 0.345. The van der Waals surface area contributed by atoms with Crippen LogP contribution in [0, 0.1) is 6.92 Å². The van der Waals surface area contributed by atoms with Gasteiger partial charge in [-0.25, -0.2) is 8.42 Å². The minimum absolute atomic E-state index is 0.0484. The standard InChI is InChI=1S/C20H25NO4S/c1-15-5-11-19(12-6-15)26(23,24)14-13-20(22)21(3)16(2)17-7-9-18(25-4)10-8-17/h5-12,16H,13-14H2,1-4H3. The average Bonchev–Trinajstić information content (AvgIpc) is 2.65. The van der Waals surface area contributed by atoms with Gasteiger partial charge in [0.2, 0.25) is 5.91 Å². The molecule has 0 fully saturated rings. The number of aryl methyl sites for hydroxylation is 1. The molecule has 0 aromatic heterocycles. The Balaban J connectivity index is 2.00. The topological polar surface area (TPSA) is 63.7 Å². The van der Waals surface area contributed by atoms with Gasteiger partial charge in [0.1, 0.15) is 5.75 Å². The zero-order valence-corrected chi connectivity index (χ0v) is 16.4. The molecule has 1 atom stereocenters. The van der Waals surface area contributed by atoms with Crippen LogP contribution in [0.5, 0.6) is 5.75 Å². The molecule has 0 aliphatic heterocycles. The van der Waals surface area contributed by atoms with E-state index in [1.165, 1.54) is 0 Å². The highest BCUT2D eigenvalue weighted by Gasteiger charge is 2.21. The maximum atomic E-state index is 12.4. The Bertz CT molecular complexity index is 842. The summed E-state index contributed by atoms with van der Waals surface area (Å²) in [4.78, 5) is 14.3. The molecule has 2 rings (SSSR count). The van der Waals surface area contributed by atoms with E-state index in [4.69, 9.17) is 4.74 Å². The first kappa shape index (κ1) is 20.0. The van der Waals surface area contributed by atoms with Crippen LogP contribution >= 0.6 is 0 Å². The predicted octanol–water partition coefficient (Wildman–Crippen LogP) is 3.39. The third-order valence-electron chi connectivity index (χ3n) is 4.54. The molecule has 140 valence electrons. The smallest absolute Gasteiger partial charge is 0.223 e. The third-order valence-corrected chi connectivity index (χ3v) is 6.27. The minimum Gasteiger partial charge on any atom is -0.497 e. The average molecular weight is 375 g/mol. The van der Waals surface area contributed by atoms with E-state index < -0.39 is 9.84 Å². The fourth-order valence-electron chi connectivity index (χ4n) is 2.58. The van der Waals surface area contributed by atoms with Crippen molar-refractivity contribution < 1.29 is 17.9 Å². The quantitative estimate of drug-likeness (QED) is 0.744. The van der Waals surface area contributed by atoms with E-state index in [2.05, 4.69) is 0 Å². The number of nitrogens with zero attached hydrogens (tertiary/aromatic N) is 1. The molecular weight excluding hydrogens is 350 g/mol. The summed E-state index contributed by atoms with van der Waals surface area (Å²) >= 11 is 0. The number of hydrogen-bond acceptors (Lipinski definition) is 4. The second-order valence-corrected chi connectivity index (χ2v) is 8.44. The van der Waals surface area contributed by atoms with Crippen molar-refractivity contribution in [1.29, 1.82) is 0 Å². The highest BCUT2D eigenvalue weighted by atomic mass is 32.2. The molecule has 2 aromatic carbocycles. The summed E-state index contributed by atoms with van der Waals surface area (Å²) in [7, 11) is -0.179. The maximum absolute atomic E-state index is 12.4. The molecule has 5 nitrogen and oxygen atoms in total. The van der Waals surface area contributed by atoms with E-state index >= 15 is 0 Å². The molecule has 0 radical (unpaired) electrons. The van der Waals surface area contributed by atoms with Crippen molar-refractivity contribution in [2.24, 2.45) is 0 Å². The Morgan fingerprint density at radius 3 is 2.19 bits per heavy atom. The zero-order valence-electron chi connectivity index (χ0n) is 15.6. The zero-order chi connectivity index (χ0) is 19.3. The van der Waals surface area contributed by atoms with Crippen LogP contribution in [0.4, 0.5) is 0 Å². The first-order chi connectivity index (χ1) is 12.2. The van der Waals surface area contributed by atoms with Crippen molar-refractivity contribution in [3.8, 4) is 5.75 Å². The Morgan fingerprint density at radius 2 is 1.65 bits per heavy atom. The van der Waals surface area contributed by atoms with Gasteiger partial charge in [0, 0.05) is 13.5 Å². The Kier molecular flexibility index (Phi) is 6.42. The van der Waals surface area contributed by atoms with Crippen molar-refractivity contribution in [2.75, 3.05) is 19.9 Å². The van der Waals surface area contributed by atoms with Crippen molar-refractivity contribution >= 4 is 15.7 Å². The summed E-state index contributed by atoms with van der Waals surface area (Å²) in [6.45, 7) is 3.81. The fraction of sp³-hybridized carbons (Fsp3) is 0.350. The highest BCUT2D eigenvalue weighted by Crippen LogP contribution is 2.22. The van der Waals surface area contributed by atoms with Crippen LogP contribution in [0.25, 0.3) is 0 Å². The summed E-state index contributed by atoms with van der Waals surface area (Å²) in [5.41, 5.74) is 1.95. The van der Waals surface area contributed by atoms with Crippen LogP contribution in [0.15, 0.2) is 53.4 Å². The van der Waals surface area contributed by atoms with E-state index in [9.17, 15) is 13.2 Å². The van der Waals surface area contributed by atoms with Gasteiger partial charge in [-0.3, -0.25) is 4.79 Å². The lowest BCUT2D eigenvalue weighted by Crippen LogP contribution is -2.31. The SMILES string of the molecule is COc1ccc(C(C)N(C)C(=O)CCS(=O)(=O)c2ccc(C)cc2)cc1. The molecular formula is C20H25NO4S. The second-order valence-electron chi connectivity index (χ2n) is 6.34.